The van der Waals surface area contributed by atoms with Gasteiger partial charge >= 0.3 is 11.9 Å². The van der Waals surface area contributed by atoms with Gasteiger partial charge in [0.05, 0.1) is 7.11 Å². The van der Waals surface area contributed by atoms with Gasteiger partial charge in [0, 0.05) is 6.42 Å². The van der Waals surface area contributed by atoms with Crippen molar-refractivity contribution in [3.05, 3.63) is 0 Å². The van der Waals surface area contributed by atoms with E-state index in [1.165, 1.54) is 0 Å². The molecule has 0 heterocycles. The average molecular weight is 184 g/mol. The van der Waals surface area contributed by atoms with Crippen LogP contribution in [-0.4, -0.2) is 24.2 Å². The number of hydrogen-bond donors (Lipinski definition) is 1. The molecule has 0 saturated carbocycles. The van der Waals surface area contributed by atoms with Gasteiger partial charge in [0.15, 0.2) is 5.41 Å². The molecular weight excluding hydrogens is 172 g/mol. The molecule has 4 nitrogen and oxygen atoms in total. The first-order valence-electron chi connectivity index (χ1n) is 3.80. The minimum Gasteiger partial charge on any atom is -0.480 e. The number of esters is 1. The summed E-state index contributed by atoms with van der Waals surface area (Å²) in [4.78, 5) is 22.0. The summed E-state index contributed by atoms with van der Waals surface area (Å²) in [7, 11) is 1.15. The van der Waals surface area contributed by atoms with Crippen molar-refractivity contribution in [1.82, 2.24) is 0 Å². The molecule has 0 radical (unpaired) electrons. The summed E-state index contributed by atoms with van der Waals surface area (Å²) in [5, 5.41) is 8.86. The van der Waals surface area contributed by atoms with E-state index in [4.69, 9.17) is 11.5 Å². The molecule has 1 atom stereocenters. The zero-order valence-corrected chi connectivity index (χ0v) is 7.66. The quantitative estimate of drug-likeness (QED) is 0.396. The second-order valence-electron chi connectivity index (χ2n) is 2.61. The monoisotopic (exact) mass is 184 g/mol. The number of aliphatic carboxylic acids is 1. The van der Waals surface area contributed by atoms with Gasteiger partial charge in [-0.1, -0.05) is 6.92 Å². The van der Waals surface area contributed by atoms with Crippen LogP contribution in [-0.2, 0) is 14.3 Å². The van der Waals surface area contributed by atoms with Crippen molar-refractivity contribution in [3.63, 3.8) is 0 Å². The zero-order chi connectivity index (χ0) is 10.5. The highest BCUT2D eigenvalue weighted by molar-refractivity contribution is 5.99. The van der Waals surface area contributed by atoms with E-state index in [1.54, 1.807) is 6.92 Å². The van der Waals surface area contributed by atoms with Crippen LogP contribution in [0, 0.1) is 17.8 Å². The zero-order valence-electron chi connectivity index (χ0n) is 7.66. The van der Waals surface area contributed by atoms with Gasteiger partial charge in [-0.3, -0.25) is 9.59 Å². The van der Waals surface area contributed by atoms with E-state index in [-0.39, 0.29) is 12.8 Å². The molecule has 0 rings (SSSR count). The largest absolute Gasteiger partial charge is 0.480 e. The summed E-state index contributed by atoms with van der Waals surface area (Å²) in [6.07, 6.45) is 4.98. The van der Waals surface area contributed by atoms with E-state index in [1.807, 2.05) is 0 Å². The highest BCUT2D eigenvalue weighted by Crippen LogP contribution is 2.28. The number of carbonyl (C=O) groups is 2. The Bertz CT molecular complexity index is 251. The molecule has 0 saturated heterocycles. The molecule has 0 amide bonds. The highest BCUT2D eigenvalue weighted by atomic mass is 16.5. The Morgan fingerprint density at radius 3 is 2.38 bits per heavy atom. The van der Waals surface area contributed by atoms with Crippen LogP contribution in [0.15, 0.2) is 0 Å². The molecule has 1 N–H and O–H groups in total. The van der Waals surface area contributed by atoms with Crippen LogP contribution in [0.2, 0.25) is 0 Å². The molecule has 4 heteroatoms. The number of methoxy groups -OCH3 is 1. The first-order valence-corrected chi connectivity index (χ1v) is 3.80. The molecule has 0 aliphatic rings. The van der Waals surface area contributed by atoms with E-state index in [2.05, 4.69) is 10.7 Å². The summed E-state index contributed by atoms with van der Waals surface area (Å²) >= 11 is 0. The number of ether oxygens (including phenoxy) is 1. The fourth-order valence-electron chi connectivity index (χ4n) is 1.03. The van der Waals surface area contributed by atoms with Crippen molar-refractivity contribution in [2.45, 2.75) is 19.8 Å². The van der Waals surface area contributed by atoms with Gasteiger partial charge in [0.1, 0.15) is 0 Å². The maximum Gasteiger partial charge on any atom is 0.324 e. The van der Waals surface area contributed by atoms with E-state index in [0.29, 0.717) is 0 Å². The SMILES string of the molecule is C#CCC(CC)(C(=O)O)C(=O)OC. The first-order chi connectivity index (χ1) is 6.05. The Labute approximate surface area is 76.9 Å². The second kappa shape index (κ2) is 4.51. The third-order valence-electron chi connectivity index (χ3n) is 1.99. The van der Waals surface area contributed by atoms with Crippen molar-refractivity contribution in [1.29, 1.82) is 0 Å². The molecule has 0 aromatic rings. The lowest BCUT2D eigenvalue weighted by atomic mass is 9.82. The molecule has 1 unspecified atom stereocenters. The Kier molecular flexibility index (Phi) is 3.99. The molecule has 0 bridgehead atoms. The lowest BCUT2D eigenvalue weighted by Crippen LogP contribution is -2.39. The van der Waals surface area contributed by atoms with Crippen LogP contribution in [0.25, 0.3) is 0 Å². The molecule has 0 aliphatic carbocycles. The Morgan fingerprint density at radius 2 is 2.15 bits per heavy atom. The number of carboxylic acids is 1. The van der Waals surface area contributed by atoms with Crippen molar-refractivity contribution in [2.24, 2.45) is 5.41 Å². The molecule has 0 aromatic carbocycles. The molecule has 0 aliphatic heterocycles. The van der Waals surface area contributed by atoms with E-state index >= 15 is 0 Å². The summed E-state index contributed by atoms with van der Waals surface area (Å²) in [5.41, 5.74) is -1.58. The van der Waals surface area contributed by atoms with Gasteiger partial charge in [-0.25, -0.2) is 0 Å². The lowest BCUT2D eigenvalue weighted by molar-refractivity contribution is -0.166. The Balaban J connectivity index is 4.99. The maximum absolute atomic E-state index is 11.2. The van der Waals surface area contributed by atoms with Crippen molar-refractivity contribution < 1.29 is 19.4 Å². The Hall–Kier alpha value is -1.50. The summed E-state index contributed by atoms with van der Waals surface area (Å²) < 4.78 is 4.41. The number of carbonyl (C=O) groups excluding carboxylic acids is 1. The number of carboxylic acid groups (broad SMARTS) is 1. The van der Waals surface area contributed by atoms with Crippen LogP contribution < -0.4 is 0 Å². The van der Waals surface area contributed by atoms with Gasteiger partial charge in [-0.15, -0.1) is 12.3 Å². The number of rotatable bonds is 4. The number of hydrogen-bond acceptors (Lipinski definition) is 3. The second-order valence-corrected chi connectivity index (χ2v) is 2.61. The summed E-state index contributed by atoms with van der Waals surface area (Å²) in [5.74, 6) is 0.147. The fourth-order valence-corrected chi connectivity index (χ4v) is 1.03. The smallest absolute Gasteiger partial charge is 0.324 e. The van der Waals surface area contributed by atoms with Crippen LogP contribution in [0.4, 0.5) is 0 Å². The Morgan fingerprint density at radius 1 is 1.62 bits per heavy atom. The van der Waals surface area contributed by atoms with Gasteiger partial charge in [0.25, 0.3) is 0 Å². The summed E-state index contributed by atoms with van der Waals surface area (Å²) in [6.45, 7) is 1.59. The van der Waals surface area contributed by atoms with Gasteiger partial charge < -0.3 is 9.84 Å². The first kappa shape index (κ1) is 11.5. The highest BCUT2D eigenvalue weighted by Gasteiger charge is 2.45. The lowest BCUT2D eigenvalue weighted by Gasteiger charge is -2.22. The molecular formula is C9H12O4. The standard InChI is InChI=1S/C9H12O4/c1-4-6-9(5-2,7(10)11)8(12)13-3/h1H,5-6H2,2-3H3,(H,10,11). The number of terminal acetylenes is 1. The molecule has 0 aromatic heterocycles. The van der Waals surface area contributed by atoms with Crippen LogP contribution in [0.1, 0.15) is 19.8 Å². The topological polar surface area (TPSA) is 63.6 Å². The molecule has 13 heavy (non-hydrogen) atoms. The van der Waals surface area contributed by atoms with Gasteiger partial charge in [-0.2, -0.15) is 0 Å². The van der Waals surface area contributed by atoms with E-state index < -0.39 is 17.4 Å². The summed E-state index contributed by atoms with van der Waals surface area (Å²) in [6, 6.07) is 0. The maximum atomic E-state index is 11.2. The van der Waals surface area contributed by atoms with E-state index in [0.717, 1.165) is 7.11 Å². The third-order valence-corrected chi connectivity index (χ3v) is 1.99. The van der Waals surface area contributed by atoms with Crippen LogP contribution >= 0.6 is 0 Å². The van der Waals surface area contributed by atoms with E-state index in [9.17, 15) is 9.59 Å². The predicted octanol–water partition coefficient (Wildman–Crippen LogP) is 0.664. The van der Waals surface area contributed by atoms with Crippen LogP contribution in [0.3, 0.4) is 0 Å². The van der Waals surface area contributed by atoms with Gasteiger partial charge in [0.2, 0.25) is 0 Å². The normalized spacial score (nSPS) is 13.9. The molecule has 0 spiro atoms. The minimum atomic E-state index is -1.58. The molecule has 0 fully saturated rings. The fraction of sp³-hybridized carbons (Fsp3) is 0.556. The minimum absolute atomic E-state index is 0.124. The van der Waals surface area contributed by atoms with Crippen molar-refractivity contribution in [2.75, 3.05) is 7.11 Å². The van der Waals surface area contributed by atoms with Crippen molar-refractivity contribution in [3.8, 4) is 12.3 Å². The van der Waals surface area contributed by atoms with Crippen molar-refractivity contribution >= 4 is 11.9 Å². The third kappa shape index (κ3) is 2.00. The molecule has 72 valence electrons. The van der Waals surface area contributed by atoms with Gasteiger partial charge in [-0.05, 0) is 6.42 Å². The van der Waals surface area contributed by atoms with Crippen LogP contribution in [0.5, 0.6) is 0 Å². The average Bonchev–Trinajstić information content (AvgIpc) is 2.12. The predicted molar refractivity (Wildman–Crippen MR) is 45.8 cm³/mol.